The van der Waals surface area contributed by atoms with Crippen molar-refractivity contribution in [1.82, 2.24) is 0 Å². The molecule has 0 spiro atoms. The van der Waals surface area contributed by atoms with Crippen LogP contribution in [0, 0.1) is 24.3 Å². The third kappa shape index (κ3) is 17.6. The molecule has 0 bridgehead atoms. The van der Waals surface area contributed by atoms with Crippen molar-refractivity contribution in [1.29, 1.82) is 0 Å². The van der Waals surface area contributed by atoms with E-state index >= 15 is 0 Å². The number of hydrogen-bond acceptors (Lipinski definition) is 0. The molecule has 0 nitrogen and oxygen atoms in total. The molecular weight excluding hydrogens is 347 g/mol. The van der Waals surface area contributed by atoms with E-state index < -0.39 is 0 Å². The summed E-state index contributed by atoms with van der Waals surface area (Å²) < 4.78 is 0. The van der Waals surface area contributed by atoms with E-state index in [1.54, 1.807) is 0 Å². The molecule has 4 rings (SSSR count). The summed E-state index contributed by atoms with van der Waals surface area (Å²) in [5, 5.41) is 0. The fourth-order valence-corrected chi connectivity index (χ4v) is 1.37. The van der Waals surface area contributed by atoms with E-state index in [1.807, 2.05) is 121 Å². The molecule has 0 saturated heterocycles. The van der Waals surface area contributed by atoms with E-state index in [1.165, 1.54) is 0 Å². The Morgan fingerprint density at radius 1 is 0.240 bits per heavy atom. The zero-order valence-corrected chi connectivity index (χ0v) is 14.9. The van der Waals surface area contributed by atoms with Gasteiger partial charge in [-0.3, -0.25) is 0 Å². The van der Waals surface area contributed by atoms with Gasteiger partial charge < -0.3 is 0 Å². The largest absolute Gasteiger partial charge is 0.184 e. The third-order valence-electron chi connectivity index (χ3n) is 2.43. The van der Waals surface area contributed by atoms with Crippen LogP contribution in [0.25, 0.3) is 0 Å². The van der Waals surface area contributed by atoms with E-state index in [0.717, 1.165) is 0 Å². The smallest absolute Gasteiger partial charge is 0 e. The molecule has 1 heteroatoms. The summed E-state index contributed by atoms with van der Waals surface area (Å²) in [4.78, 5) is 0. The Kier molecular flexibility index (Phi) is 17.4. The molecule has 0 atom stereocenters. The van der Waals surface area contributed by atoms with Gasteiger partial charge in [0, 0.05) is 16.5 Å². The maximum atomic E-state index is 2.89. The summed E-state index contributed by atoms with van der Waals surface area (Å²) >= 11 is 0. The van der Waals surface area contributed by atoms with Crippen molar-refractivity contribution in [2.24, 2.45) is 0 Å². The van der Waals surface area contributed by atoms with Gasteiger partial charge >= 0.3 is 0 Å². The Balaban J connectivity index is 0.000000303. The van der Waals surface area contributed by atoms with Crippen molar-refractivity contribution in [3.8, 4) is 0 Å². The first kappa shape index (κ1) is 22.4. The molecule has 0 aliphatic carbocycles. The van der Waals surface area contributed by atoms with Crippen LogP contribution in [0.2, 0.25) is 0 Å². The molecular formula is C24H20Ni-4. The Labute approximate surface area is 162 Å². The Bertz CT molecular complexity index is 420. The normalized spacial score (nSPS) is 7.68. The van der Waals surface area contributed by atoms with Crippen LogP contribution < -0.4 is 0 Å². The molecule has 0 amide bonds. The number of rotatable bonds is 0. The van der Waals surface area contributed by atoms with Gasteiger partial charge in [0.1, 0.15) is 0 Å². The van der Waals surface area contributed by atoms with Gasteiger partial charge in [0.2, 0.25) is 0 Å². The van der Waals surface area contributed by atoms with Crippen molar-refractivity contribution in [2.45, 2.75) is 0 Å². The van der Waals surface area contributed by atoms with E-state index in [4.69, 9.17) is 0 Å². The quantitative estimate of drug-likeness (QED) is 0.266. The molecule has 4 aromatic rings. The van der Waals surface area contributed by atoms with Crippen molar-refractivity contribution < 1.29 is 16.5 Å². The fraction of sp³-hybridized carbons (Fsp3) is 0. The van der Waals surface area contributed by atoms with Crippen LogP contribution in [0.5, 0.6) is 0 Å². The molecule has 0 aliphatic rings. The second-order valence-corrected chi connectivity index (χ2v) is 4.31. The second kappa shape index (κ2) is 19.4. The maximum absolute atomic E-state index is 2.89. The minimum absolute atomic E-state index is 0. The zero-order chi connectivity index (χ0) is 17.0. The van der Waals surface area contributed by atoms with Gasteiger partial charge in [-0.25, -0.2) is 0 Å². The van der Waals surface area contributed by atoms with E-state index in [-0.39, 0.29) is 16.5 Å². The van der Waals surface area contributed by atoms with Crippen LogP contribution in [0.4, 0.5) is 0 Å². The maximum Gasteiger partial charge on any atom is 0 e. The van der Waals surface area contributed by atoms with Crippen LogP contribution >= 0.6 is 0 Å². The summed E-state index contributed by atoms with van der Waals surface area (Å²) in [5.41, 5.74) is 0. The molecule has 130 valence electrons. The Morgan fingerprint density at radius 2 is 0.400 bits per heavy atom. The fourth-order valence-electron chi connectivity index (χ4n) is 1.37. The summed E-state index contributed by atoms with van der Waals surface area (Å²) in [6.45, 7) is 0. The van der Waals surface area contributed by atoms with Gasteiger partial charge in [0.05, 0.1) is 0 Å². The monoisotopic (exact) mass is 366 g/mol. The Hall–Kier alpha value is -2.63. The van der Waals surface area contributed by atoms with E-state index in [9.17, 15) is 0 Å². The molecule has 0 radical (unpaired) electrons. The van der Waals surface area contributed by atoms with Gasteiger partial charge in [0.15, 0.2) is 0 Å². The topological polar surface area (TPSA) is 0 Å². The molecule has 0 unspecified atom stereocenters. The van der Waals surface area contributed by atoms with Crippen LogP contribution in [-0.4, -0.2) is 0 Å². The summed E-state index contributed by atoms with van der Waals surface area (Å²) in [7, 11) is 0. The van der Waals surface area contributed by atoms with Gasteiger partial charge in [-0.1, -0.05) is 0 Å². The molecule has 25 heavy (non-hydrogen) atoms. The predicted octanol–water partition coefficient (Wildman–Crippen LogP) is 5.94. The second-order valence-electron chi connectivity index (χ2n) is 4.31. The first-order chi connectivity index (χ1) is 12.0. The van der Waals surface area contributed by atoms with Crippen LogP contribution in [0.15, 0.2) is 121 Å². The van der Waals surface area contributed by atoms with Crippen LogP contribution in [0.1, 0.15) is 0 Å². The minimum Gasteiger partial charge on any atom is -0.184 e. The standard InChI is InChI=1S/4C6H5.Ni/c4*1-2-4-6-5-3-1;/h4*1-5H;/q4*-1;. The first-order valence-corrected chi connectivity index (χ1v) is 7.64. The number of hydrogen-bond donors (Lipinski definition) is 0. The predicted molar refractivity (Wildman–Crippen MR) is 101 cm³/mol. The SMILES string of the molecule is [Ni].[c-]1ccccc1.[c-]1ccccc1.[c-]1ccccc1.[c-]1ccccc1. The molecule has 0 saturated carbocycles. The van der Waals surface area contributed by atoms with Crippen LogP contribution in [-0.2, 0) is 16.5 Å². The average molecular weight is 367 g/mol. The minimum atomic E-state index is 0. The molecule has 0 aromatic heterocycles. The molecule has 0 N–H and O–H groups in total. The summed E-state index contributed by atoms with van der Waals surface area (Å²) in [5.74, 6) is 0. The molecule has 0 heterocycles. The van der Waals surface area contributed by atoms with Crippen molar-refractivity contribution in [3.63, 3.8) is 0 Å². The Morgan fingerprint density at radius 3 is 0.440 bits per heavy atom. The molecule has 4 aromatic carbocycles. The van der Waals surface area contributed by atoms with Crippen molar-refractivity contribution in [2.75, 3.05) is 0 Å². The number of benzene rings is 4. The molecule has 0 fully saturated rings. The van der Waals surface area contributed by atoms with E-state index in [0.29, 0.717) is 0 Å². The van der Waals surface area contributed by atoms with Gasteiger partial charge in [0.25, 0.3) is 0 Å². The molecule has 0 aliphatic heterocycles. The van der Waals surface area contributed by atoms with Crippen molar-refractivity contribution >= 4 is 0 Å². The van der Waals surface area contributed by atoms with Gasteiger partial charge in [-0.15, -0.1) is 0 Å². The van der Waals surface area contributed by atoms with Gasteiger partial charge in [-0.05, 0) is 0 Å². The summed E-state index contributed by atoms with van der Waals surface area (Å²) in [6.07, 6.45) is 0. The van der Waals surface area contributed by atoms with E-state index in [2.05, 4.69) is 24.3 Å². The first-order valence-electron chi connectivity index (χ1n) is 7.64. The van der Waals surface area contributed by atoms with Crippen molar-refractivity contribution in [3.05, 3.63) is 146 Å². The summed E-state index contributed by atoms with van der Waals surface area (Å²) in [6, 6.07) is 50.0. The zero-order valence-electron chi connectivity index (χ0n) is 13.9. The average Bonchev–Trinajstić information content (AvgIpc) is 2.75. The van der Waals surface area contributed by atoms with Crippen LogP contribution in [0.3, 0.4) is 0 Å². The third-order valence-corrected chi connectivity index (χ3v) is 2.43. The van der Waals surface area contributed by atoms with Gasteiger partial charge in [-0.2, -0.15) is 146 Å².